The Bertz CT molecular complexity index is 2420. The van der Waals surface area contributed by atoms with Gasteiger partial charge in [0, 0.05) is 27.3 Å². The minimum Gasteiger partial charge on any atom is -0.277 e. The Morgan fingerprint density at radius 3 is 1.76 bits per heavy atom. The molecule has 218 valence electrons. The van der Waals surface area contributed by atoms with E-state index in [0.717, 1.165) is 27.7 Å². The lowest BCUT2D eigenvalue weighted by Gasteiger charge is -2.23. The number of fused-ring (bicyclic) bond motifs is 7. The summed E-state index contributed by atoms with van der Waals surface area (Å²) in [5.74, 6) is 1.90. The van der Waals surface area contributed by atoms with Gasteiger partial charge in [0.1, 0.15) is 0 Å². The Balaban J connectivity index is 1.33. The van der Waals surface area contributed by atoms with E-state index >= 15 is 0 Å². The van der Waals surface area contributed by atoms with Gasteiger partial charge in [0.15, 0.2) is 11.6 Å². The van der Waals surface area contributed by atoms with Gasteiger partial charge in [-0.2, -0.15) is 9.97 Å². The minimum absolute atomic E-state index is 0.205. The fraction of sp³-hybridized carbons (Fsp3) is 0.0714. The van der Waals surface area contributed by atoms with Gasteiger partial charge in [-0.05, 0) is 39.4 Å². The number of hydrogen-bond donors (Lipinski definition) is 0. The first-order valence-corrected chi connectivity index (χ1v) is 15.7. The first-order chi connectivity index (χ1) is 22.6. The van der Waals surface area contributed by atoms with Crippen LogP contribution < -0.4 is 0 Å². The van der Waals surface area contributed by atoms with Crippen LogP contribution in [0.3, 0.4) is 0 Å². The van der Waals surface area contributed by atoms with Crippen molar-refractivity contribution in [2.45, 2.75) is 19.3 Å². The summed E-state index contributed by atoms with van der Waals surface area (Å²) in [5, 5.41) is 2.38. The molecule has 0 aliphatic heterocycles. The molecule has 0 spiro atoms. The second kappa shape index (κ2) is 10.1. The maximum Gasteiger partial charge on any atom is 0.238 e. The molecule has 2 aromatic heterocycles. The van der Waals surface area contributed by atoms with Crippen LogP contribution in [0.15, 0.2) is 146 Å². The molecule has 2 heterocycles. The molecule has 0 fully saturated rings. The number of rotatable bonds is 4. The van der Waals surface area contributed by atoms with Crippen LogP contribution in [-0.4, -0.2) is 19.5 Å². The molecule has 9 rings (SSSR count). The molecule has 4 nitrogen and oxygen atoms in total. The van der Waals surface area contributed by atoms with Crippen LogP contribution in [0.25, 0.3) is 72.8 Å². The molecule has 1 aliphatic carbocycles. The van der Waals surface area contributed by atoms with Crippen LogP contribution >= 0.6 is 0 Å². The van der Waals surface area contributed by atoms with E-state index in [1.807, 2.05) is 24.3 Å². The molecule has 0 saturated heterocycles. The SMILES string of the molecule is CC1(C)c2ccccc2-c2ccc3c4ccccc4n(-c4nc(-c5ccccc5)nc(-c5ccc(-c6ccccc6)cc5)n4)c3c21. The van der Waals surface area contributed by atoms with Gasteiger partial charge in [-0.25, -0.2) is 4.98 Å². The summed E-state index contributed by atoms with van der Waals surface area (Å²) < 4.78 is 2.27. The highest BCUT2D eigenvalue weighted by Gasteiger charge is 2.38. The second-order valence-corrected chi connectivity index (χ2v) is 12.5. The smallest absolute Gasteiger partial charge is 0.238 e. The predicted molar refractivity (Wildman–Crippen MR) is 188 cm³/mol. The van der Waals surface area contributed by atoms with Crippen molar-refractivity contribution < 1.29 is 0 Å². The van der Waals surface area contributed by atoms with Gasteiger partial charge in [-0.1, -0.05) is 153 Å². The van der Waals surface area contributed by atoms with Gasteiger partial charge in [0.2, 0.25) is 5.95 Å². The van der Waals surface area contributed by atoms with Gasteiger partial charge in [0.25, 0.3) is 0 Å². The minimum atomic E-state index is -0.205. The third-order valence-corrected chi connectivity index (χ3v) is 9.46. The van der Waals surface area contributed by atoms with Crippen LogP contribution in [-0.2, 0) is 5.41 Å². The zero-order valence-corrected chi connectivity index (χ0v) is 25.6. The highest BCUT2D eigenvalue weighted by atomic mass is 15.2. The van der Waals surface area contributed by atoms with Crippen LogP contribution in [0, 0.1) is 0 Å². The van der Waals surface area contributed by atoms with E-state index in [-0.39, 0.29) is 5.41 Å². The van der Waals surface area contributed by atoms with E-state index in [2.05, 4.69) is 140 Å². The molecular formula is C42H30N4. The average molecular weight is 591 g/mol. The fourth-order valence-electron chi connectivity index (χ4n) is 7.27. The van der Waals surface area contributed by atoms with Crippen molar-refractivity contribution in [1.29, 1.82) is 0 Å². The van der Waals surface area contributed by atoms with Crippen molar-refractivity contribution in [3.8, 4) is 51.0 Å². The van der Waals surface area contributed by atoms with Crippen molar-refractivity contribution >= 4 is 21.8 Å². The summed E-state index contributed by atoms with van der Waals surface area (Å²) in [6.45, 7) is 4.67. The predicted octanol–water partition coefficient (Wildman–Crippen LogP) is 10.3. The lowest BCUT2D eigenvalue weighted by atomic mass is 9.81. The van der Waals surface area contributed by atoms with Crippen molar-refractivity contribution in [1.82, 2.24) is 19.5 Å². The molecule has 0 radical (unpaired) electrons. The molecule has 0 amide bonds. The number of aromatic nitrogens is 4. The first-order valence-electron chi connectivity index (χ1n) is 15.7. The molecular weight excluding hydrogens is 560 g/mol. The summed E-state index contributed by atoms with van der Waals surface area (Å²) in [6.07, 6.45) is 0. The van der Waals surface area contributed by atoms with E-state index in [1.165, 1.54) is 38.6 Å². The monoisotopic (exact) mass is 590 g/mol. The van der Waals surface area contributed by atoms with E-state index in [0.29, 0.717) is 17.6 Å². The Kier molecular flexibility index (Phi) is 5.81. The Labute approximate surface area is 267 Å². The second-order valence-electron chi connectivity index (χ2n) is 12.5. The Morgan fingerprint density at radius 2 is 1.02 bits per heavy atom. The summed E-state index contributed by atoms with van der Waals surface area (Å²) >= 11 is 0. The van der Waals surface area contributed by atoms with Crippen LogP contribution in [0.2, 0.25) is 0 Å². The molecule has 0 atom stereocenters. The third-order valence-electron chi connectivity index (χ3n) is 9.46. The first kappa shape index (κ1) is 26.5. The summed E-state index contributed by atoms with van der Waals surface area (Å²) in [6, 6.07) is 51.1. The van der Waals surface area contributed by atoms with Crippen molar-refractivity contribution in [2.24, 2.45) is 0 Å². The van der Waals surface area contributed by atoms with Gasteiger partial charge in [-0.3, -0.25) is 4.57 Å². The van der Waals surface area contributed by atoms with E-state index < -0.39 is 0 Å². The van der Waals surface area contributed by atoms with Gasteiger partial charge >= 0.3 is 0 Å². The highest BCUT2D eigenvalue weighted by Crippen LogP contribution is 2.52. The lowest BCUT2D eigenvalue weighted by molar-refractivity contribution is 0.663. The topological polar surface area (TPSA) is 43.6 Å². The zero-order valence-electron chi connectivity index (χ0n) is 25.6. The molecule has 1 aliphatic rings. The van der Waals surface area contributed by atoms with Crippen LogP contribution in [0.5, 0.6) is 0 Å². The molecule has 0 saturated carbocycles. The molecule has 8 aromatic rings. The fourth-order valence-corrected chi connectivity index (χ4v) is 7.27. The summed E-state index contributed by atoms with van der Waals surface area (Å²) in [4.78, 5) is 15.5. The molecule has 0 N–H and O–H groups in total. The van der Waals surface area contributed by atoms with Gasteiger partial charge in [-0.15, -0.1) is 0 Å². The zero-order chi connectivity index (χ0) is 30.8. The standard InChI is InChI=1S/C42H30N4/c1-42(2)35-19-11-9-17-31(35)33-25-26-34-32-18-10-12-20-36(32)46(38(34)37(33)42)41-44-39(29-15-7-4-8-16-29)43-40(45-41)30-23-21-28(22-24-30)27-13-5-3-6-14-27/h3-26H,1-2H3. The van der Waals surface area contributed by atoms with E-state index in [9.17, 15) is 0 Å². The lowest BCUT2D eigenvalue weighted by Crippen LogP contribution is -2.17. The Morgan fingerprint density at radius 1 is 0.457 bits per heavy atom. The van der Waals surface area contributed by atoms with Gasteiger partial charge < -0.3 is 0 Å². The summed E-state index contributed by atoms with van der Waals surface area (Å²) in [7, 11) is 0. The number of benzene rings is 6. The normalized spacial score (nSPS) is 13.2. The van der Waals surface area contributed by atoms with Crippen molar-refractivity contribution in [3.05, 3.63) is 157 Å². The number of nitrogens with zero attached hydrogens (tertiary/aromatic N) is 4. The van der Waals surface area contributed by atoms with Gasteiger partial charge in [0.05, 0.1) is 11.0 Å². The highest BCUT2D eigenvalue weighted by molar-refractivity contribution is 6.12. The molecule has 6 aromatic carbocycles. The molecule has 46 heavy (non-hydrogen) atoms. The van der Waals surface area contributed by atoms with Crippen LogP contribution in [0.4, 0.5) is 0 Å². The van der Waals surface area contributed by atoms with Crippen molar-refractivity contribution in [3.63, 3.8) is 0 Å². The quantitative estimate of drug-likeness (QED) is 0.205. The molecule has 0 bridgehead atoms. The largest absolute Gasteiger partial charge is 0.277 e. The number of hydrogen-bond acceptors (Lipinski definition) is 3. The van der Waals surface area contributed by atoms with Crippen molar-refractivity contribution in [2.75, 3.05) is 0 Å². The molecule has 4 heteroatoms. The molecule has 0 unspecified atom stereocenters. The third kappa shape index (κ3) is 3.97. The summed E-state index contributed by atoms with van der Waals surface area (Å²) in [5.41, 5.74) is 11.5. The maximum absolute atomic E-state index is 5.24. The van der Waals surface area contributed by atoms with E-state index in [4.69, 9.17) is 15.0 Å². The Hall–Kier alpha value is -5.87. The number of para-hydroxylation sites is 1. The maximum atomic E-state index is 5.24. The average Bonchev–Trinajstić information content (AvgIpc) is 3.57. The van der Waals surface area contributed by atoms with Crippen LogP contribution in [0.1, 0.15) is 25.0 Å². The van der Waals surface area contributed by atoms with E-state index in [1.54, 1.807) is 0 Å².